The van der Waals surface area contributed by atoms with Gasteiger partial charge in [0.25, 0.3) is 0 Å². The lowest BCUT2D eigenvalue weighted by molar-refractivity contribution is 0.768. The van der Waals surface area contributed by atoms with Crippen molar-refractivity contribution in [3.8, 4) is 45.0 Å². The Morgan fingerprint density at radius 1 is 0.389 bits per heavy atom. The van der Waals surface area contributed by atoms with Crippen molar-refractivity contribution >= 4 is 42.3 Å². The summed E-state index contributed by atoms with van der Waals surface area (Å²) in [5.41, 5.74) is 12.1. The average Bonchev–Trinajstić information content (AvgIpc) is 3.78. The summed E-state index contributed by atoms with van der Waals surface area (Å²) in [6.07, 6.45) is 0. The third-order valence-electron chi connectivity index (χ3n) is 11.2. The minimum atomic E-state index is -0.500. The van der Waals surface area contributed by atoms with E-state index >= 15 is 0 Å². The Labute approximate surface area is 317 Å². The van der Waals surface area contributed by atoms with Crippen LogP contribution in [-0.4, -0.2) is 9.97 Å². The molecular formula is C51H32N2S. The summed E-state index contributed by atoms with van der Waals surface area (Å²) in [6.45, 7) is 0. The molecule has 252 valence electrons. The minimum absolute atomic E-state index is 0.500. The fourth-order valence-electron chi connectivity index (χ4n) is 8.87. The van der Waals surface area contributed by atoms with Crippen molar-refractivity contribution in [1.29, 1.82) is 0 Å². The van der Waals surface area contributed by atoms with Gasteiger partial charge in [0, 0.05) is 36.9 Å². The molecule has 54 heavy (non-hydrogen) atoms. The lowest BCUT2D eigenvalue weighted by Crippen LogP contribution is -2.28. The topological polar surface area (TPSA) is 25.8 Å². The van der Waals surface area contributed by atoms with Crippen LogP contribution in [0.1, 0.15) is 22.3 Å². The van der Waals surface area contributed by atoms with Crippen LogP contribution in [0.5, 0.6) is 0 Å². The van der Waals surface area contributed by atoms with Gasteiger partial charge >= 0.3 is 0 Å². The molecule has 10 aromatic rings. The molecule has 2 nitrogen and oxygen atoms in total. The summed E-state index contributed by atoms with van der Waals surface area (Å²) in [5.74, 6) is 0.719. The quantitative estimate of drug-likeness (QED) is 0.178. The highest BCUT2D eigenvalue weighted by atomic mass is 32.1. The van der Waals surface area contributed by atoms with Crippen molar-refractivity contribution in [1.82, 2.24) is 9.97 Å². The van der Waals surface area contributed by atoms with Gasteiger partial charge in [0.2, 0.25) is 0 Å². The van der Waals surface area contributed by atoms with Crippen LogP contribution in [-0.2, 0) is 5.41 Å². The van der Waals surface area contributed by atoms with Gasteiger partial charge in [0.1, 0.15) is 0 Å². The summed E-state index contributed by atoms with van der Waals surface area (Å²) in [5, 5.41) is 4.80. The molecule has 0 aliphatic heterocycles. The first kappa shape index (κ1) is 30.9. The molecule has 0 saturated carbocycles. The van der Waals surface area contributed by atoms with Gasteiger partial charge < -0.3 is 0 Å². The van der Waals surface area contributed by atoms with Gasteiger partial charge in [-0.2, -0.15) is 0 Å². The summed E-state index contributed by atoms with van der Waals surface area (Å²) in [7, 11) is 0. The normalized spacial score (nSPS) is 13.0. The van der Waals surface area contributed by atoms with Crippen LogP contribution in [0, 0.1) is 0 Å². The first-order valence-corrected chi connectivity index (χ1v) is 19.2. The van der Waals surface area contributed by atoms with E-state index in [4.69, 9.17) is 9.97 Å². The molecule has 1 aliphatic rings. The molecule has 0 atom stereocenters. The molecule has 0 fully saturated rings. The summed E-state index contributed by atoms with van der Waals surface area (Å²) >= 11 is 1.83. The average molecular weight is 705 g/mol. The van der Waals surface area contributed by atoms with Crippen LogP contribution in [0.25, 0.3) is 76.0 Å². The standard InChI is InChI=1S/C51H32N2S/c1-3-17-35(18-4-1)51(36-19-5-2-6-20-36)43-26-11-9-22-38(43)39-30-29-34(31-44(39)51)45-32-46(41-25-14-28-48-49(41)42-23-10-12-27-47(42)54-48)53-50(52-45)40-24-13-16-33-15-7-8-21-37(33)40/h1-32H. The second-order valence-corrected chi connectivity index (χ2v) is 15.1. The zero-order valence-electron chi connectivity index (χ0n) is 29.3. The van der Waals surface area contributed by atoms with Gasteiger partial charge in [-0.25, -0.2) is 9.97 Å². The Morgan fingerprint density at radius 2 is 0.981 bits per heavy atom. The van der Waals surface area contributed by atoms with Crippen molar-refractivity contribution in [2.24, 2.45) is 0 Å². The fraction of sp³-hybridized carbons (Fsp3) is 0.0196. The second-order valence-electron chi connectivity index (χ2n) is 14.1. The Morgan fingerprint density at radius 3 is 1.81 bits per heavy atom. The molecule has 0 N–H and O–H groups in total. The maximum absolute atomic E-state index is 5.44. The Bertz CT molecular complexity index is 3010. The van der Waals surface area contributed by atoms with Crippen molar-refractivity contribution in [3.05, 3.63) is 216 Å². The molecule has 0 radical (unpaired) electrons. The predicted molar refractivity (Wildman–Crippen MR) is 226 cm³/mol. The smallest absolute Gasteiger partial charge is 0.161 e. The van der Waals surface area contributed by atoms with E-state index in [0.717, 1.165) is 39.3 Å². The Kier molecular flexibility index (Phi) is 6.98. The van der Waals surface area contributed by atoms with Gasteiger partial charge in [-0.05, 0) is 68.4 Å². The highest BCUT2D eigenvalue weighted by Gasteiger charge is 2.46. The summed E-state index contributed by atoms with van der Waals surface area (Å²) < 4.78 is 2.53. The van der Waals surface area contributed by atoms with Gasteiger partial charge in [-0.15, -0.1) is 11.3 Å². The van der Waals surface area contributed by atoms with Crippen LogP contribution in [0.2, 0.25) is 0 Å². The predicted octanol–water partition coefficient (Wildman–Crippen LogP) is 13.4. The molecule has 1 aliphatic carbocycles. The van der Waals surface area contributed by atoms with Gasteiger partial charge in [-0.3, -0.25) is 0 Å². The number of thiophene rings is 1. The third-order valence-corrected chi connectivity index (χ3v) is 12.3. The van der Waals surface area contributed by atoms with Crippen molar-refractivity contribution < 1.29 is 0 Å². The van der Waals surface area contributed by atoms with E-state index < -0.39 is 5.41 Å². The third kappa shape index (κ3) is 4.59. The number of benzene rings is 8. The van der Waals surface area contributed by atoms with Crippen molar-refractivity contribution in [2.45, 2.75) is 5.41 Å². The molecule has 0 unspecified atom stereocenters. The number of nitrogens with zero attached hydrogens (tertiary/aromatic N) is 2. The van der Waals surface area contributed by atoms with Gasteiger partial charge in [0.05, 0.1) is 16.8 Å². The van der Waals surface area contributed by atoms with E-state index in [9.17, 15) is 0 Å². The molecule has 2 heterocycles. The van der Waals surface area contributed by atoms with Crippen LogP contribution in [0.4, 0.5) is 0 Å². The summed E-state index contributed by atoms with van der Waals surface area (Å²) in [4.78, 5) is 10.8. The largest absolute Gasteiger partial charge is 0.228 e. The van der Waals surface area contributed by atoms with E-state index in [1.165, 1.54) is 58.9 Å². The molecule has 0 spiro atoms. The first-order valence-electron chi connectivity index (χ1n) is 18.4. The van der Waals surface area contributed by atoms with Gasteiger partial charge in [0.15, 0.2) is 5.82 Å². The van der Waals surface area contributed by atoms with Crippen molar-refractivity contribution in [3.63, 3.8) is 0 Å². The van der Waals surface area contributed by atoms with Crippen LogP contribution in [0.15, 0.2) is 194 Å². The first-order chi connectivity index (χ1) is 26.8. The molecule has 0 amide bonds. The molecule has 8 aromatic carbocycles. The Balaban J connectivity index is 1.20. The summed E-state index contributed by atoms with van der Waals surface area (Å²) in [6, 6.07) is 70.3. The number of rotatable bonds is 5. The molecule has 11 rings (SSSR count). The Hall–Kier alpha value is -6.68. The van der Waals surface area contributed by atoms with E-state index in [1.807, 2.05) is 11.3 Å². The lowest BCUT2D eigenvalue weighted by atomic mass is 9.67. The zero-order chi connectivity index (χ0) is 35.6. The van der Waals surface area contributed by atoms with Crippen LogP contribution < -0.4 is 0 Å². The highest BCUT2D eigenvalue weighted by Crippen LogP contribution is 2.56. The van der Waals surface area contributed by atoms with E-state index in [0.29, 0.717) is 0 Å². The maximum Gasteiger partial charge on any atom is 0.161 e. The highest BCUT2D eigenvalue weighted by molar-refractivity contribution is 7.25. The second kappa shape index (κ2) is 12.2. The van der Waals surface area contributed by atoms with Crippen molar-refractivity contribution in [2.75, 3.05) is 0 Å². The molecule has 0 bridgehead atoms. The SMILES string of the molecule is c1ccc(C2(c3ccccc3)c3ccccc3-c3ccc(-c4cc(-c5cccc6sc7ccccc7c56)nc(-c5cccc6ccccc56)n4)cc32)cc1. The van der Waals surface area contributed by atoms with E-state index in [-0.39, 0.29) is 0 Å². The van der Waals surface area contributed by atoms with E-state index in [2.05, 4.69) is 194 Å². The van der Waals surface area contributed by atoms with E-state index in [1.54, 1.807) is 0 Å². The zero-order valence-corrected chi connectivity index (χ0v) is 30.1. The monoisotopic (exact) mass is 704 g/mol. The lowest BCUT2D eigenvalue weighted by Gasteiger charge is -2.34. The maximum atomic E-state index is 5.44. The molecule has 2 aromatic heterocycles. The molecule has 3 heteroatoms. The van der Waals surface area contributed by atoms with Gasteiger partial charge in [-0.1, -0.05) is 170 Å². The van der Waals surface area contributed by atoms with Crippen LogP contribution in [0.3, 0.4) is 0 Å². The number of fused-ring (bicyclic) bond motifs is 7. The minimum Gasteiger partial charge on any atom is -0.228 e. The van der Waals surface area contributed by atoms with Crippen LogP contribution >= 0.6 is 11.3 Å². The molecule has 0 saturated heterocycles. The number of aromatic nitrogens is 2. The number of hydrogen-bond donors (Lipinski definition) is 0. The fourth-order valence-corrected chi connectivity index (χ4v) is 10.00. The molecular weight excluding hydrogens is 673 g/mol. The number of hydrogen-bond acceptors (Lipinski definition) is 3.